The van der Waals surface area contributed by atoms with Gasteiger partial charge in [0.2, 0.25) is 5.91 Å². The molecule has 2 rings (SSSR count). The minimum atomic E-state index is -3.46. The van der Waals surface area contributed by atoms with Gasteiger partial charge in [0, 0.05) is 6.54 Å². The molecule has 6 nitrogen and oxygen atoms in total. The second kappa shape index (κ2) is 7.61. The number of hydrogen-bond donors (Lipinski definition) is 1. The van der Waals surface area contributed by atoms with Crippen LogP contribution in [0.3, 0.4) is 0 Å². The number of rotatable bonds is 6. The molecule has 8 heteroatoms. The third-order valence-corrected chi connectivity index (χ3v) is 6.68. The Morgan fingerprint density at radius 3 is 2.58 bits per heavy atom. The maximum atomic E-state index is 12.0. The number of halogens is 1. The molecule has 1 heterocycles. The molecule has 1 N–H and O–H groups in total. The fourth-order valence-electron chi connectivity index (χ4n) is 2.34. The van der Waals surface area contributed by atoms with Crippen molar-refractivity contribution in [2.45, 2.75) is 37.7 Å². The lowest BCUT2D eigenvalue weighted by Crippen LogP contribution is -2.41. The van der Waals surface area contributed by atoms with Crippen LogP contribution in [0, 0.1) is 0 Å². The first kappa shape index (κ1) is 18.9. The first-order chi connectivity index (χ1) is 11.2. The number of ether oxygens (including phenoxy) is 2. The Kier molecular flexibility index (Phi) is 5.98. The van der Waals surface area contributed by atoms with Crippen molar-refractivity contribution >= 4 is 27.3 Å². The topological polar surface area (TPSA) is 81.7 Å². The SMILES string of the molecule is CC(C)S(=O)(=O)[C@@H](C)C(=O)NCCc1cc(Cl)c2c(c1)OCCO2. The minimum absolute atomic E-state index is 0.312. The first-order valence-corrected chi connectivity index (χ1v) is 9.80. The van der Waals surface area contributed by atoms with Crippen LogP contribution in [0.2, 0.25) is 5.02 Å². The highest BCUT2D eigenvalue weighted by atomic mass is 35.5. The van der Waals surface area contributed by atoms with Crippen molar-refractivity contribution in [3.63, 3.8) is 0 Å². The van der Waals surface area contributed by atoms with Crippen LogP contribution in [0.25, 0.3) is 0 Å². The third kappa shape index (κ3) is 4.13. The monoisotopic (exact) mass is 375 g/mol. The molecule has 0 radical (unpaired) electrons. The number of carbonyl (C=O) groups is 1. The molecule has 0 spiro atoms. The molecule has 1 amide bonds. The Morgan fingerprint density at radius 2 is 1.92 bits per heavy atom. The van der Waals surface area contributed by atoms with Crippen molar-refractivity contribution < 1.29 is 22.7 Å². The van der Waals surface area contributed by atoms with E-state index in [4.69, 9.17) is 21.1 Å². The van der Waals surface area contributed by atoms with Gasteiger partial charge in [-0.2, -0.15) is 0 Å². The lowest BCUT2D eigenvalue weighted by Gasteiger charge is -2.20. The minimum Gasteiger partial charge on any atom is -0.486 e. The summed E-state index contributed by atoms with van der Waals surface area (Å²) in [5, 5.41) is 1.46. The lowest BCUT2D eigenvalue weighted by molar-refractivity contribution is -0.120. The van der Waals surface area contributed by atoms with Crippen molar-refractivity contribution in [2.75, 3.05) is 19.8 Å². The van der Waals surface area contributed by atoms with E-state index in [9.17, 15) is 13.2 Å². The van der Waals surface area contributed by atoms with E-state index < -0.39 is 26.2 Å². The number of amides is 1. The van der Waals surface area contributed by atoms with Crippen molar-refractivity contribution in [3.05, 3.63) is 22.7 Å². The standard InChI is InChI=1S/C16H22ClNO5S/c1-10(2)24(20,21)11(3)16(19)18-5-4-12-8-13(17)15-14(9-12)22-6-7-23-15/h8-11H,4-7H2,1-3H3,(H,18,19)/t11-/m0/s1. The molecule has 0 aliphatic carbocycles. The Bertz CT molecular complexity index is 717. The maximum absolute atomic E-state index is 12.0. The number of sulfone groups is 1. The molecule has 24 heavy (non-hydrogen) atoms. The summed E-state index contributed by atoms with van der Waals surface area (Å²) in [5.41, 5.74) is 0.879. The summed E-state index contributed by atoms with van der Waals surface area (Å²) in [6.45, 7) is 5.78. The van der Waals surface area contributed by atoms with Gasteiger partial charge in [-0.3, -0.25) is 4.79 Å². The molecule has 0 fully saturated rings. The molecule has 1 aliphatic rings. The molecule has 1 aliphatic heterocycles. The Balaban J connectivity index is 1.95. The zero-order chi connectivity index (χ0) is 17.9. The molecule has 0 unspecified atom stereocenters. The summed E-state index contributed by atoms with van der Waals surface area (Å²) < 4.78 is 35.0. The molecule has 1 aromatic carbocycles. The summed E-state index contributed by atoms with van der Waals surface area (Å²) in [7, 11) is -3.46. The van der Waals surface area contributed by atoms with E-state index in [0.29, 0.717) is 42.7 Å². The number of nitrogens with one attached hydrogen (secondary N) is 1. The van der Waals surface area contributed by atoms with Gasteiger partial charge in [-0.25, -0.2) is 8.42 Å². The highest BCUT2D eigenvalue weighted by Gasteiger charge is 2.30. The zero-order valence-electron chi connectivity index (χ0n) is 14.0. The summed E-state index contributed by atoms with van der Waals surface area (Å²) >= 11 is 6.16. The van der Waals surface area contributed by atoms with Gasteiger partial charge in [0.25, 0.3) is 0 Å². The molecular formula is C16H22ClNO5S. The van der Waals surface area contributed by atoms with Crippen LogP contribution < -0.4 is 14.8 Å². The first-order valence-electron chi connectivity index (χ1n) is 7.82. The molecule has 0 bridgehead atoms. The van der Waals surface area contributed by atoms with Gasteiger partial charge in [-0.1, -0.05) is 11.6 Å². The largest absolute Gasteiger partial charge is 0.486 e. The average Bonchev–Trinajstić information content (AvgIpc) is 2.54. The predicted molar refractivity (Wildman–Crippen MR) is 92.7 cm³/mol. The Labute approximate surface area is 147 Å². The highest BCUT2D eigenvalue weighted by Crippen LogP contribution is 2.38. The predicted octanol–water partition coefficient (Wildman–Crippen LogP) is 1.98. The van der Waals surface area contributed by atoms with Crippen LogP contribution in [0.15, 0.2) is 12.1 Å². The van der Waals surface area contributed by atoms with Crippen LogP contribution in [-0.4, -0.2) is 44.6 Å². The van der Waals surface area contributed by atoms with Gasteiger partial charge in [0.1, 0.15) is 18.5 Å². The Morgan fingerprint density at radius 1 is 1.25 bits per heavy atom. The Hall–Kier alpha value is -1.47. The van der Waals surface area contributed by atoms with E-state index in [1.54, 1.807) is 19.9 Å². The van der Waals surface area contributed by atoms with Gasteiger partial charge in [0.15, 0.2) is 21.3 Å². The van der Waals surface area contributed by atoms with Crippen LogP contribution in [0.4, 0.5) is 0 Å². The fourth-order valence-corrected chi connectivity index (χ4v) is 3.83. The second-order valence-electron chi connectivity index (χ2n) is 5.92. The molecule has 0 saturated heterocycles. The number of carbonyl (C=O) groups excluding carboxylic acids is 1. The van der Waals surface area contributed by atoms with E-state index in [-0.39, 0.29) is 0 Å². The summed E-state index contributed by atoms with van der Waals surface area (Å²) in [4.78, 5) is 12.0. The van der Waals surface area contributed by atoms with Crippen LogP contribution in [0.5, 0.6) is 11.5 Å². The third-order valence-electron chi connectivity index (χ3n) is 3.89. The summed E-state index contributed by atoms with van der Waals surface area (Å²) in [5.74, 6) is 0.630. The van der Waals surface area contributed by atoms with Crippen molar-refractivity contribution in [2.24, 2.45) is 0 Å². The zero-order valence-corrected chi connectivity index (χ0v) is 15.5. The molecule has 1 aromatic rings. The van der Waals surface area contributed by atoms with E-state index in [1.165, 1.54) is 6.92 Å². The van der Waals surface area contributed by atoms with E-state index in [2.05, 4.69) is 5.32 Å². The van der Waals surface area contributed by atoms with Gasteiger partial charge in [-0.05, 0) is 44.9 Å². The quantitative estimate of drug-likeness (QED) is 0.822. The van der Waals surface area contributed by atoms with Crippen LogP contribution >= 0.6 is 11.6 Å². The van der Waals surface area contributed by atoms with Crippen LogP contribution in [-0.2, 0) is 21.1 Å². The van der Waals surface area contributed by atoms with Crippen molar-refractivity contribution in [1.82, 2.24) is 5.32 Å². The molecule has 0 aromatic heterocycles. The lowest BCUT2D eigenvalue weighted by atomic mass is 10.1. The maximum Gasteiger partial charge on any atom is 0.238 e. The van der Waals surface area contributed by atoms with E-state index in [0.717, 1.165) is 5.56 Å². The summed E-state index contributed by atoms with van der Waals surface area (Å²) in [6.07, 6.45) is 0.510. The fraction of sp³-hybridized carbons (Fsp3) is 0.562. The smallest absolute Gasteiger partial charge is 0.238 e. The van der Waals surface area contributed by atoms with E-state index in [1.807, 2.05) is 6.07 Å². The number of benzene rings is 1. The molecule has 1 atom stereocenters. The number of hydrogen-bond acceptors (Lipinski definition) is 5. The molecule has 134 valence electrons. The van der Waals surface area contributed by atoms with Crippen LogP contribution in [0.1, 0.15) is 26.3 Å². The molecule has 0 saturated carbocycles. The highest BCUT2D eigenvalue weighted by molar-refractivity contribution is 7.93. The van der Waals surface area contributed by atoms with Crippen molar-refractivity contribution in [1.29, 1.82) is 0 Å². The molecular weight excluding hydrogens is 354 g/mol. The summed E-state index contributed by atoms with van der Waals surface area (Å²) in [6, 6.07) is 3.58. The van der Waals surface area contributed by atoms with Crippen molar-refractivity contribution in [3.8, 4) is 11.5 Å². The number of fused-ring (bicyclic) bond motifs is 1. The average molecular weight is 376 g/mol. The van der Waals surface area contributed by atoms with E-state index >= 15 is 0 Å². The van der Waals surface area contributed by atoms with Gasteiger partial charge >= 0.3 is 0 Å². The second-order valence-corrected chi connectivity index (χ2v) is 9.16. The normalized spacial score (nSPS) is 15.2. The van der Waals surface area contributed by atoms with Gasteiger partial charge < -0.3 is 14.8 Å². The van der Waals surface area contributed by atoms with Gasteiger partial charge in [0.05, 0.1) is 10.3 Å². The van der Waals surface area contributed by atoms with Gasteiger partial charge in [-0.15, -0.1) is 0 Å².